The molecule has 0 spiro atoms. The first-order valence-electron chi connectivity index (χ1n) is 9.22. The number of thioether (sulfide) groups is 2. The van der Waals surface area contributed by atoms with Gasteiger partial charge in [-0.3, -0.25) is 19.0 Å². The van der Waals surface area contributed by atoms with Gasteiger partial charge in [0.1, 0.15) is 17.1 Å². The Morgan fingerprint density at radius 1 is 1.42 bits per heavy atom. The van der Waals surface area contributed by atoms with Gasteiger partial charge in [-0.15, -0.1) is 28.2 Å². The lowest BCUT2D eigenvalue weighted by Gasteiger charge is -2.50. The van der Waals surface area contributed by atoms with Gasteiger partial charge in [0.15, 0.2) is 0 Å². The van der Waals surface area contributed by atoms with Gasteiger partial charge in [0.25, 0.3) is 16.0 Å². The highest BCUT2D eigenvalue weighted by molar-refractivity contribution is 8.01. The SMILES string of the molecule is O=C(Cc1cccs1)NC1C(=O)N2C(C(=O)O)=C(C(CS(=O)(=O)O)Sc3nnn[nH]3)CS[C@@H]12. The number of carbonyl (C=O) groups excluding carboxylic acids is 2. The third-order valence-electron chi connectivity index (χ3n) is 4.76. The highest BCUT2D eigenvalue weighted by atomic mass is 32.2. The number of nitrogens with one attached hydrogen (secondary N) is 2. The fraction of sp³-hybridized carbons (Fsp3) is 0.375. The number of carbonyl (C=O) groups is 3. The first-order chi connectivity index (χ1) is 15.6. The molecule has 4 N–H and O–H groups in total. The summed E-state index contributed by atoms with van der Waals surface area (Å²) in [5.41, 5.74) is -0.249. The number of carboxylic acid groups (broad SMARTS) is 1. The minimum Gasteiger partial charge on any atom is -0.477 e. The van der Waals surface area contributed by atoms with E-state index >= 15 is 0 Å². The Balaban J connectivity index is 1.57. The van der Waals surface area contributed by atoms with E-state index in [-0.39, 0.29) is 34.5 Å². The number of rotatable bonds is 9. The second kappa shape index (κ2) is 9.41. The first-order valence-corrected chi connectivity index (χ1v) is 13.6. The number of H-pyrrole nitrogens is 1. The Kier molecular flexibility index (Phi) is 6.76. The summed E-state index contributed by atoms with van der Waals surface area (Å²) in [6, 6.07) is 2.70. The summed E-state index contributed by atoms with van der Waals surface area (Å²) in [5, 5.41) is 25.6. The van der Waals surface area contributed by atoms with E-state index in [4.69, 9.17) is 0 Å². The number of nitrogens with zero attached hydrogens (tertiary/aromatic N) is 4. The van der Waals surface area contributed by atoms with Crippen molar-refractivity contribution in [3.05, 3.63) is 33.7 Å². The number of aromatic amines is 1. The molecule has 0 saturated carbocycles. The lowest BCUT2D eigenvalue weighted by molar-refractivity contribution is -0.150. The Labute approximate surface area is 199 Å². The molecule has 0 aromatic carbocycles. The van der Waals surface area contributed by atoms with Gasteiger partial charge < -0.3 is 10.4 Å². The van der Waals surface area contributed by atoms with Crippen LogP contribution < -0.4 is 5.32 Å². The number of fused-ring (bicyclic) bond motifs is 1. The minimum atomic E-state index is -4.50. The molecular weight excluding hydrogens is 516 g/mol. The van der Waals surface area contributed by atoms with Gasteiger partial charge in [0.2, 0.25) is 11.1 Å². The average molecular weight is 533 g/mol. The molecule has 2 amide bonds. The van der Waals surface area contributed by atoms with Gasteiger partial charge >= 0.3 is 5.97 Å². The molecule has 176 valence electrons. The third kappa shape index (κ3) is 5.21. The van der Waals surface area contributed by atoms with Crippen molar-refractivity contribution in [2.45, 2.75) is 28.2 Å². The smallest absolute Gasteiger partial charge is 0.352 e. The van der Waals surface area contributed by atoms with Crippen molar-refractivity contribution in [2.75, 3.05) is 11.5 Å². The van der Waals surface area contributed by atoms with E-state index in [9.17, 15) is 32.5 Å². The van der Waals surface area contributed by atoms with Crippen molar-refractivity contribution >= 4 is 62.8 Å². The van der Waals surface area contributed by atoms with Crippen LogP contribution in [0, 0.1) is 0 Å². The lowest BCUT2D eigenvalue weighted by atomic mass is 10.0. The number of thiophene rings is 1. The van der Waals surface area contributed by atoms with Crippen molar-refractivity contribution in [1.29, 1.82) is 0 Å². The molecule has 2 unspecified atom stereocenters. The number of tetrazole rings is 1. The second-order valence-corrected chi connectivity index (χ2v) is 11.8. The fourth-order valence-electron chi connectivity index (χ4n) is 3.42. The van der Waals surface area contributed by atoms with Gasteiger partial charge in [-0.25, -0.2) is 9.89 Å². The van der Waals surface area contributed by atoms with Crippen molar-refractivity contribution in [1.82, 2.24) is 30.8 Å². The molecule has 4 heterocycles. The van der Waals surface area contributed by atoms with E-state index in [0.29, 0.717) is 0 Å². The Hall–Kier alpha value is -2.47. The minimum absolute atomic E-state index is 0.0577. The largest absolute Gasteiger partial charge is 0.477 e. The molecule has 0 bridgehead atoms. The molecular formula is C16H16N6O7S4. The summed E-state index contributed by atoms with van der Waals surface area (Å²) in [7, 11) is -4.50. The molecule has 0 radical (unpaired) electrons. The van der Waals surface area contributed by atoms with E-state index in [1.807, 2.05) is 11.4 Å². The molecule has 33 heavy (non-hydrogen) atoms. The van der Waals surface area contributed by atoms with Crippen molar-refractivity contribution in [2.24, 2.45) is 0 Å². The molecule has 2 aliphatic heterocycles. The normalized spacial score (nSPS) is 21.4. The van der Waals surface area contributed by atoms with E-state index in [0.717, 1.165) is 21.5 Å². The van der Waals surface area contributed by atoms with Crippen LogP contribution in [-0.2, 0) is 30.9 Å². The van der Waals surface area contributed by atoms with Gasteiger partial charge in [-0.1, -0.05) is 17.8 Å². The van der Waals surface area contributed by atoms with Crippen LogP contribution in [0.4, 0.5) is 0 Å². The van der Waals surface area contributed by atoms with E-state index in [2.05, 4.69) is 25.9 Å². The summed E-state index contributed by atoms with van der Waals surface area (Å²) < 4.78 is 32.6. The van der Waals surface area contributed by atoms with Crippen molar-refractivity contribution in [3.63, 3.8) is 0 Å². The molecule has 1 saturated heterocycles. The van der Waals surface area contributed by atoms with Gasteiger partial charge in [-0.05, 0) is 27.4 Å². The van der Waals surface area contributed by atoms with Crippen LogP contribution >= 0.6 is 34.9 Å². The molecule has 13 nitrogen and oxygen atoms in total. The number of hydrogen-bond donors (Lipinski definition) is 4. The number of β-lactam (4-membered cyclic amide) rings is 1. The predicted octanol–water partition coefficient (Wildman–Crippen LogP) is -0.409. The summed E-state index contributed by atoms with van der Waals surface area (Å²) in [6.45, 7) is 0. The third-order valence-corrected chi connectivity index (χ3v) is 9.04. The highest BCUT2D eigenvalue weighted by Crippen LogP contribution is 2.43. The van der Waals surface area contributed by atoms with Crippen molar-refractivity contribution < 1.29 is 32.5 Å². The van der Waals surface area contributed by atoms with Crippen LogP contribution in [0.25, 0.3) is 0 Å². The maximum atomic E-state index is 12.8. The van der Waals surface area contributed by atoms with Crippen LogP contribution in [0.15, 0.2) is 33.9 Å². The quantitative estimate of drug-likeness (QED) is 0.185. The topological polar surface area (TPSA) is 196 Å². The molecule has 3 atom stereocenters. The Morgan fingerprint density at radius 3 is 2.82 bits per heavy atom. The average Bonchev–Trinajstić information content (AvgIpc) is 3.43. The van der Waals surface area contributed by atoms with Crippen LogP contribution in [0.5, 0.6) is 0 Å². The van der Waals surface area contributed by atoms with E-state index in [1.54, 1.807) is 6.07 Å². The van der Waals surface area contributed by atoms with Crippen LogP contribution in [-0.4, -0.2) is 89.6 Å². The molecule has 0 aliphatic carbocycles. The maximum Gasteiger partial charge on any atom is 0.352 e. The predicted molar refractivity (Wildman–Crippen MR) is 118 cm³/mol. The fourth-order valence-corrected chi connectivity index (χ4v) is 7.81. The Bertz CT molecular complexity index is 1200. The molecule has 17 heteroatoms. The summed E-state index contributed by atoms with van der Waals surface area (Å²) >= 11 is 3.42. The number of aliphatic carboxylic acids is 1. The zero-order valence-corrected chi connectivity index (χ0v) is 19.7. The second-order valence-electron chi connectivity index (χ2n) is 6.95. The highest BCUT2D eigenvalue weighted by Gasteiger charge is 2.55. The lowest BCUT2D eigenvalue weighted by Crippen LogP contribution is -2.70. The molecule has 4 rings (SSSR count). The summed E-state index contributed by atoms with van der Waals surface area (Å²) in [5.74, 6) is -3.15. The standard InChI is InChI=1S/C16H16N6O7S4/c23-10(4-7-2-1-3-30-7)17-11-13(24)22-12(15(25)26)8(5-31-14(11)22)9(6-33(27,28)29)32-16-18-20-21-19-16/h1-3,9,11,14H,4-6H2,(H,17,23)(H,25,26)(H,27,28,29)(H,18,19,20,21)/t9?,11?,14-/m0/s1. The number of amides is 2. The van der Waals surface area contributed by atoms with Crippen LogP contribution in [0.3, 0.4) is 0 Å². The van der Waals surface area contributed by atoms with Crippen LogP contribution in [0.2, 0.25) is 0 Å². The molecule has 1 fully saturated rings. The van der Waals surface area contributed by atoms with Gasteiger partial charge in [0.05, 0.1) is 17.4 Å². The monoisotopic (exact) mass is 532 g/mol. The van der Waals surface area contributed by atoms with Gasteiger partial charge in [0, 0.05) is 10.6 Å². The Morgan fingerprint density at radius 2 is 2.21 bits per heavy atom. The summed E-state index contributed by atoms with van der Waals surface area (Å²) in [6.07, 6.45) is 0.101. The molecule has 2 aromatic heterocycles. The van der Waals surface area contributed by atoms with E-state index in [1.165, 1.54) is 23.1 Å². The van der Waals surface area contributed by atoms with E-state index < -0.39 is 44.4 Å². The van der Waals surface area contributed by atoms with Gasteiger partial charge in [-0.2, -0.15) is 8.42 Å². The number of hydrogen-bond acceptors (Lipinski definition) is 11. The van der Waals surface area contributed by atoms with Crippen molar-refractivity contribution in [3.8, 4) is 0 Å². The zero-order chi connectivity index (χ0) is 23.8. The van der Waals surface area contributed by atoms with Crippen LogP contribution in [0.1, 0.15) is 4.88 Å². The maximum absolute atomic E-state index is 12.8. The first kappa shape index (κ1) is 23.7. The summed E-state index contributed by atoms with van der Waals surface area (Å²) in [4.78, 5) is 39.1. The molecule has 2 aliphatic rings. The zero-order valence-electron chi connectivity index (χ0n) is 16.4. The number of carboxylic acids is 1. The number of aromatic nitrogens is 4. The molecule has 2 aromatic rings.